The second kappa shape index (κ2) is 8.93. The van der Waals surface area contributed by atoms with Crippen LogP contribution in [0.2, 0.25) is 0 Å². The summed E-state index contributed by atoms with van der Waals surface area (Å²) in [6.45, 7) is 2.09. The molecule has 1 aliphatic carbocycles. The molecule has 0 saturated heterocycles. The minimum absolute atomic E-state index is 0.00617. The number of thioether (sulfide) groups is 1. The van der Waals surface area contributed by atoms with Gasteiger partial charge < -0.3 is 14.2 Å². The Labute approximate surface area is 183 Å². The zero-order valence-electron chi connectivity index (χ0n) is 17.5. The topological polar surface area (TPSA) is 105 Å². The molecular formula is C21H22N4O5S. The first kappa shape index (κ1) is 21.1. The Morgan fingerprint density at radius 2 is 2.00 bits per heavy atom. The fourth-order valence-electron chi connectivity index (χ4n) is 3.59. The number of hydrogen-bond acceptors (Lipinski definition) is 9. The van der Waals surface area contributed by atoms with Crippen molar-refractivity contribution >= 4 is 29.3 Å². The molecule has 0 bridgehead atoms. The molecule has 2 heterocycles. The van der Waals surface area contributed by atoms with E-state index in [1.165, 1.54) is 16.3 Å². The Kier molecular flexibility index (Phi) is 6.08. The number of esters is 1. The molecule has 0 aliphatic heterocycles. The van der Waals surface area contributed by atoms with E-state index < -0.39 is 0 Å². The lowest BCUT2D eigenvalue weighted by atomic mass is 9.82. The average molecular weight is 442 g/mol. The molecule has 9 nitrogen and oxygen atoms in total. The van der Waals surface area contributed by atoms with Crippen LogP contribution >= 0.6 is 11.8 Å². The number of aromatic nitrogens is 4. The van der Waals surface area contributed by atoms with E-state index >= 15 is 0 Å². The van der Waals surface area contributed by atoms with Crippen LogP contribution in [-0.4, -0.2) is 57.9 Å². The van der Waals surface area contributed by atoms with Gasteiger partial charge in [-0.3, -0.25) is 9.59 Å². The molecular weight excluding hydrogens is 420 g/mol. The standard InChI is InChI=1S/C21H22N4O5S/c1-4-30-19(27)11-31-21-23-20-22-15-7-13(8-16(26)14(15)10-25(20)24-21)12-5-6-17(28-2)18(9-12)29-3/h5-6,9-10,13H,4,7-8,11H2,1-3H3. The highest BCUT2D eigenvalue weighted by Gasteiger charge is 2.29. The molecule has 0 fully saturated rings. The predicted octanol–water partition coefficient (Wildman–Crippen LogP) is 2.71. The van der Waals surface area contributed by atoms with Crippen molar-refractivity contribution < 1.29 is 23.8 Å². The van der Waals surface area contributed by atoms with Gasteiger partial charge in [0.15, 0.2) is 17.3 Å². The van der Waals surface area contributed by atoms with E-state index in [4.69, 9.17) is 14.2 Å². The zero-order chi connectivity index (χ0) is 22.0. The van der Waals surface area contributed by atoms with Crippen molar-refractivity contribution in [3.05, 3.63) is 41.2 Å². The van der Waals surface area contributed by atoms with Gasteiger partial charge in [-0.2, -0.15) is 4.98 Å². The number of ketones is 1. The Bertz CT molecular complexity index is 1150. The molecule has 0 saturated carbocycles. The lowest BCUT2D eigenvalue weighted by molar-refractivity contribution is -0.139. The summed E-state index contributed by atoms with van der Waals surface area (Å²) in [5.41, 5.74) is 2.24. The molecule has 4 rings (SSSR count). The molecule has 1 atom stereocenters. The molecule has 0 radical (unpaired) electrons. The normalized spacial score (nSPS) is 15.6. The summed E-state index contributed by atoms with van der Waals surface area (Å²) in [5.74, 6) is 1.44. The highest BCUT2D eigenvalue weighted by atomic mass is 32.2. The lowest BCUT2D eigenvalue weighted by Crippen LogP contribution is -2.21. The van der Waals surface area contributed by atoms with Gasteiger partial charge in [0.1, 0.15) is 0 Å². The maximum Gasteiger partial charge on any atom is 0.316 e. The second-order valence-electron chi connectivity index (χ2n) is 6.98. The van der Waals surface area contributed by atoms with Gasteiger partial charge in [-0.1, -0.05) is 17.8 Å². The fourth-order valence-corrected chi connectivity index (χ4v) is 4.22. The predicted molar refractivity (Wildman–Crippen MR) is 113 cm³/mol. The SMILES string of the molecule is CCOC(=O)CSc1nc2nc3c(cn2n1)C(=O)CC(c1ccc(OC)c(OC)c1)C3. The summed E-state index contributed by atoms with van der Waals surface area (Å²) >= 11 is 1.17. The third-order valence-electron chi connectivity index (χ3n) is 5.07. The molecule has 3 aromatic rings. The first-order valence-corrected chi connectivity index (χ1v) is 10.8. The smallest absolute Gasteiger partial charge is 0.316 e. The van der Waals surface area contributed by atoms with E-state index in [0.717, 1.165) is 5.56 Å². The first-order chi connectivity index (χ1) is 15.0. The summed E-state index contributed by atoms with van der Waals surface area (Å²) in [4.78, 5) is 33.4. The van der Waals surface area contributed by atoms with E-state index in [9.17, 15) is 9.59 Å². The maximum absolute atomic E-state index is 12.9. The molecule has 1 aliphatic rings. The van der Waals surface area contributed by atoms with Gasteiger partial charge in [-0.15, -0.1) is 5.10 Å². The second-order valence-corrected chi connectivity index (χ2v) is 7.92. The van der Waals surface area contributed by atoms with Crippen molar-refractivity contribution in [2.75, 3.05) is 26.6 Å². The van der Waals surface area contributed by atoms with Gasteiger partial charge in [0, 0.05) is 12.6 Å². The lowest BCUT2D eigenvalue weighted by Gasteiger charge is -2.23. The molecule has 10 heteroatoms. The Morgan fingerprint density at radius 3 is 2.74 bits per heavy atom. The first-order valence-electron chi connectivity index (χ1n) is 9.82. The van der Waals surface area contributed by atoms with Crippen molar-refractivity contribution in [1.29, 1.82) is 0 Å². The maximum atomic E-state index is 12.9. The third kappa shape index (κ3) is 4.34. The summed E-state index contributed by atoms with van der Waals surface area (Å²) < 4.78 is 17.1. The summed E-state index contributed by atoms with van der Waals surface area (Å²) in [6.07, 6.45) is 2.65. The van der Waals surface area contributed by atoms with Crippen LogP contribution in [0.4, 0.5) is 0 Å². The number of rotatable bonds is 7. The average Bonchev–Trinajstić information content (AvgIpc) is 3.18. The summed E-state index contributed by atoms with van der Waals surface area (Å²) in [7, 11) is 3.18. The Balaban J connectivity index is 1.59. The van der Waals surface area contributed by atoms with Crippen LogP contribution in [0.1, 0.15) is 40.9 Å². The molecule has 1 unspecified atom stereocenters. The molecule has 2 aromatic heterocycles. The summed E-state index contributed by atoms with van der Waals surface area (Å²) in [5, 5.41) is 4.73. The quantitative estimate of drug-likeness (QED) is 0.403. The number of carbonyl (C=O) groups excluding carboxylic acids is 2. The number of carbonyl (C=O) groups is 2. The van der Waals surface area contributed by atoms with Crippen molar-refractivity contribution in [2.45, 2.75) is 30.8 Å². The van der Waals surface area contributed by atoms with E-state index in [-0.39, 0.29) is 23.4 Å². The number of methoxy groups -OCH3 is 2. The highest BCUT2D eigenvalue weighted by molar-refractivity contribution is 7.99. The Hall–Kier alpha value is -3.14. The monoisotopic (exact) mass is 442 g/mol. The number of nitrogens with zero attached hydrogens (tertiary/aromatic N) is 4. The van der Waals surface area contributed by atoms with Crippen LogP contribution in [0, 0.1) is 0 Å². The van der Waals surface area contributed by atoms with Crippen molar-refractivity contribution in [1.82, 2.24) is 19.6 Å². The van der Waals surface area contributed by atoms with Gasteiger partial charge in [0.05, 0.1) is 37.8 Å². The number of benzene rings is 1. The van der Waals surface area contributed by atoms with Gasteiger partial charge in [0.25, 0.3) is 5.78 Å². The van der Waals surface area contributed by atoms with Crippen molar-refractivity contribution in [3.63, 3.8) is 0 Å². The van der Waals surface area contributed by atoms with E-state index in [1.807, 2.05) is 18.2 Å². The Morgan fingerprint density at radius 1 is 1.19 bits per heavy atom. The van der Waals surface area contributed by atoms with Crippen molar-refractivity contribution in [2.24, 2.45) is 0 Å². The minimum atomic E-state index is -0.327. The van der Waals surface area contributed by atoms with Crippen LogP contribution in [0.3, 0.4) is 0 Å². The van der Waals surface area contributed by atoms with Crippen LogP contribution in [0.15, 0.2) is 29.6 Å². The van der Waals surface area contributed by atoms with Crippen LogP contribution in [0.5, 0.6) is 11.5 Å². The minimum Gasteiger partial charge on any atom is -0.493 e. The van der Waals surface area contributed by atoms with E-state index in [2.05, 4.69) is 15.1 Å². The number of fused-ring (bicyclic) bond motifs is 2. The number of hydrogen-bond donors (Lipinski definition) is 0. The van der Waals surface area contributed by atoms with E-state index in [1.54, 1.807) is 27.3 Å². The van der Waals surface area contributed by atoms with E-state index in [0.29, 0.717) is 53.1 Å². The molecule has 31 heavy (non-hydrogen) atoms. The zero-order valence-corrected chi connectivity index (χ0v) is 18.3. The van der Waals surface area contributed by atoms with Crippen molar-refractivity contribution in [3.8, 4) is 11.5 Å². The molecule has 1 aromatic carbocycles. The van der Waals surface area contributed by atoms with Gasteiger partial charge in [0.2, 0.25) is 5.16 Å². The molecule has 0 N–H and O–H groups in total. The van der Waals surface area contributed by atoms with Crippen LogP contribution in [0.25, 0.3) is 5.78 Å². The summed E-state index contributed by atoms with van der Waals surface area (Å²) in [6, 6.07) is 5.70. The molecule has 0 amide bonds. The molecule has 0 spiro atoms. The van der Waals surface area contributed by atoms with Crippen LogP contribution in [-0.2, 0) is 16.0 Å². The number of ether oxygens (including phenoxy) is 3. The van der Waals surface area contributed by atoms with Crippen LogP contribution < -0.4 is 9.47 Å². The van der Waals surface area contributed by atoms with Gasteiger partial charge in [-0.05, 0) is 37.0 Å². The molecule has 162 valence electrons. The third-order valence-corrected chi connectivity index (χ3v) is 5.88. The van der Waals surface area contributed by atoms with Gasteiger partial charge in [-0.25, -0.2) is 9.50 Å². The largest absolute Gasteiger partial charge is 0.493 e. The fraction of sp³-hybridized carbons (Fsp3) is 0.381. The van der Waals surface area contributed by atoms with Gasteiger partial charge >= 0.3 is 5.97 Å². The number of Topliss-reactive ketones (excluding diaryl/α,β-unsaturated/α-hetero) is 1. The highest BCUT2D eigenvalue weighted by Crippen LogP contribution is 2.36.